The molecule has 0 saturated heterocycles. The predicted octanol–water partition coefficient (Wildman–Crippen LogP) is 6.56. The van der Waals surface area contributed by atoms with Crippen molar-refractivity contribution in [3.8, 4) is 23.0 Å². The average molecular weight is 495 g/mol. The maximum atomic E-state index is 10.7. The van der Waals surface area contributed by atoms with Crippen LogP contribution in [0.5, 0.6) is 23.0 Å². The predicted molar refractivity (Wildman–Crippen MR) is 148 cm³/mol. The molecule has 0 heterocycles. The number of aliphatic imine (C=N–C) groups is 2. The Hall–Kier alpha value is -3.02. The second kappa shape index (κ2) is 10.9. The Bertz CT molecular complexity index is 1030. The van der Waals surface area contributed by atoms with Gasteiger partial charge >= 0.3 is 0 Å². The lowest BCUT2D eigenvalue weighted by Gasteiger charge is -2.26. The summed E-state index contributed by atoms with van der Waals surface area (Å²) in [5.41, 5.74) is 3.25. The van der Waals surface area contributed by atoms with Gasteiger partial charge in [-0.05, 0) is 59.1 Å². The third-order valence-electron chi connectivity index (χ3n) is 6.88. The molecule has 6 nitrogen and oxygen atoms in total. The molecule has 0 amide bonds. The summed E-state index contributed by atoms with van der Waals surface area (Å²) in [5.74, 6) is 1.10. The van der Waals surface area contributed by atoms with Gasteiger partial charge in [-0.2, -0.15) is 0 Å². The largest absolute Gasteiger partial charge is 0.504 e. The third-order valence-corrected chi connectivity index (χ3v) is 6.88. The maximum absolute atomic E-state index is 10.7. The first-order valence-electron chi connectivity index (χ1n) is 12.7. The number of nitrogens with zero attached hydrogens (tertiary/aromatic N) is 2. The molecule has 3 rings (SSSR count). The zero-order chi connectivity index (χ0) is 26.7. The number of phenolic OH excluding ortho intramolecular Hbond substituents is 2. The van der Waals surface area contributed by atoms with Gasteiger partial charge in [-0.3, -0.25) is 9.98 Å². The second-order valence-electron chi connectivity index (χ2n) is 11.7. The molecular formula is C30H42N2O4. The molecule has 36 heavy (non-hydrogen) atoms. The standard InChI is InChI=1S/C30H42N2O4/c1-29(2,3)21-13-19(27(33)25(15-21)35-7)17-31-23-11-9-10-12-24(23)32-18-20-14-22(30(4,5)6)16-26(36-8)28(20)34/h13-18,23-24,33-34H,9-12H2,1-8H3/t23-,24-/m1/s1. The van der Waals surface area contributed by atoms with Crippen LogP contribution in [0.2, 0.25) is 0 Å². The van der Waals surface area contributed by atoms with Crippen molar-refractivity contribution in [2.75, 3.05) is 14.2 Å². The molecule has 2 aromatic rings. The summed E-state index contributed by atoms with van der Waals surface area (Å²) >= 11 is 0. The van der Waals surface area contributed by atoms with Gasteiger partial charge in [-0.15, -0.1) is 0 Å². The summed E-state index contributed by atoms with van der Waals surface area (Å²) in [6.07, 6.45) is 7.53. The molecule has 2 aromatic carbocycles. The number of aromatic hydroxyl groups is 2. The van der Waals surface area contributed by atoms with Crippen LogP contribution in [0, 0.1) is 0 Å². The number of methoxy groups -OCH3 is 2. The highest BCUT2D eigenvalue weighted by Crippen LogP contribution is 2.37. The molecule has 1 aliphatic rings. The van der Waals surface area contributed by atoms with Crippen molar-refractivity contribution >= 4 is 12.4 Å². The molecule has 0 aromatic heterocycles. The van der Waals surface area contributed by atoms with Gasteiger partial charge in [0.25, 0.3) is 0 Å². The molecule has 2 N–H and O–H groups in total. The topological polar surface area (TPSA) is 83.6 Å². The number of rotatable bonds is 6. The van der Waals surface area contributed by atoms with Gasteiger partial charge < -0.3 is 19.7 Å². The summed E-state index contributed by atoms with van der Waals surface area (Å²) in [5, 5.41) is 21.4. The quantitative estimate of drug-likeness (QED) is 0.446. The smallest absolute Gasteiger partial charge is 0.166 e. The first-order valence-corrected chi connectivity index (χ1v) is 12.7. The van der Waals surface area contributed by atoms with Crippen molar-refractivity contribution in [3.63, 3.8) is 0 Å². The Balaban J connectivity index is 1.91. The van der Waals surface area contributed by atoms with E-state index in [4.69, 9.17) is 19.5 Å². The lowest BCUT2D eigenvalue weighted by molar-refractivity contribution is 0.370. The van der Waals surface area contributed by atoms with Crippen molar-refractivity contribution in [2.45, 2.75) is 90.1 Å². The molecule has 196 valence electrons. The molecule has 2 atom stereocenters. The van der Waals surface area contributed by atoms with Crippen LogP contribution in [0.3, 0.4) is 0 Å². The van der Waals surface area contributed by atoms with E-state index in [9.17, 15) is 10.2 Å². The number of phenols is 2. The fourth-order valence-corrected chi connectivity index (χ4v) is 4.42. The van der Waals surface area contributed by atoms with Gasteiger partial charge in [0.2, 0.25) is 0 Å². The lowest BCUT2D eigenvalue weighted by Crippen LogP contribution is -2.27. The third kappa shape index (κ3) is 6.40. The van der Waals surface area contributed by atoms with Crippen molar-refractivity contribution < 1.29 is 19.7 Å². The van der Waals surface area contributed by atoms with Gasteiger partial charge in [0, 0.05) is 23.6 Å². The second-order valence-corrected chi connectivity index (χ2v) is 11.7. The van der Waals surface area contributed by atoms with Crippen LogP contribution >= 0.6 is 0 Å². The van der Waals surface area contributed by atoms with E-state index < -0.39 is 0 Å². The van der Waals surface area contributed by atoms with Crippen LogP contribution in [0.4, 0.5) is 0 Å². The summed E-state index contributed by atoms with van der Waals surface area (Å²) < 4.78 is 10.8. The lowest BCUT2D eigenvalue weighted by atomic mass is 9.85. The fourth-order valence-electron chi connectivity index (χ4n) is 4.42. The van der Waals surface area contributed by atoms with Gasteiger partial charge in [-0.1, -0.05) is 54.4 Å². The van der Waals surface area contributed by atoms with Crippen molar-refractivity contribution in [1.82, 2.24) is 0 Å². The summed E-state index contributed by atoms with van der Waals surface area (Å²) in [7, 11) is 3.13. The fraction of sp³-hybridized carbons (Fsp3) is 0.533. The monoisotopic (exact) mass is 494 g/mol. The molecule has 1 fully saturated rings. The van der Waals surface area contributed by atoms with E-state index in [0.29, 0.717) is 22.6 Å². The van der Waals surface area contributed by atoms with Crippen molar-refractivity contribution in [3.05, 3.63) is 46.5 Å². The van der Waals surface area contributed by atoms with Gasteiger partial charge in [0.15, 0.2) is 23.0 Å². The Morgan fingerprint density at radius 1 is 0.694 bits per heavy atom. The zero-order valence-electron chi connectivity index (χ0n) is 23.1. The first-order chi connectivity index (χ1) is 16.8. The normalized spacial score (nSPS) is 19.2. The minimum Gasteiger partial charge on any atom is -0.504 e. The van der Waals surface area contributed by atoms with Gasteiger partial charge in [0.05, 0.1) is 26.3 Å². The van der Waals surface area contributed by atoms with E-state index in [1.165, 1.54) is 0 Å². The molecule has 1 saturated carbocycles. The average Bonchev–Trinajstić information content (AvgIpc) is 2.81. The van der Waals surface area contributed by atoms with Crippen molar-refractivity contribution in [2.24, 2.45) is 9.98 Å². The van der Waals surface area contributed by atoms with E-state index >= 15 is 0 Å². The molecule has 6 heteroatoms. The molecule has 0 spiro atoms. The first kappa shape index (κ1) is 27.6. The number of benzene rings is 2. The molecule has 0 bridgehead atoms. The highest BCUT2D eigenvalue weighted by Gasteiger charge is 2.25. The van der Waals surface area contributed by atoms with Gasteiger partial charge in [-0.25, -0.2) is 0 Å². The molecule has 0 aliphatic heterocycles. The summed E-state index contributed by atoms with van der Waals surface area (Å²) in [4.78, 5) is 9.76. The van der Waals surface area contributed by atoms with Crippen LogP contribution in [-0.2, 0) is 10.8 Å². The summed E-state index contributed by atoms with van der Waals surface area (Å²) in [6, 6.07) is 7.71. The van der Waals surface area contributed by atoms with Crippen LogP contribution in [-0.4, -0.2) is 48.9 Å². The van der Waals surface area contributed by atoms with Crippen LogP contribution in [0.15, 0.2) is 34.3 Å². The van der Waals surface area contributed by atoms with E-state index in [1.54, 1.807) is 26.6 Å². The Labute approximate surface area is 216 Å². The molecular weight excluding hydrogens is 452 g/mol. The molecule has 1 aliphatic carbocycles. The van der Waals surface area contributed by atoms with Gasteiger partial charge in [0.1, 0.15) is 0 Å². The van der Waals surface area contributed by atoms with Crippen LogP contribution in [0.1, 0.15) is 89.5 Å². The maximum Gasteiger partial charge on any atom is 0.166 e. The van der Waals surface area contributed by atoms with E-state index in [0.717, 1.165) is 36.8 Å². The zero-order valence-corrected chi connectivity index (χ0v) is 23.1. The highest BCUT2D eigenvalue weighted by atomic mass is 16.5. The van der Waals surface area contributed by atoms with E-state index in [1.807, 2.05) is 24.3 Å². The minimum absolute atomic E-state index is 0.00600. The molecule has 0 unspecified atom stereocenters. The highest BCUT2D eigenvalue weighted by molar-refractivity contribution is 5.86. The number of hydrogen-bond donors (Lipinski definition) is 2. The van der Waals surface area contributed by atoms with Crippen LogP contribution < -0.4 is 9.47 Å². The van der Waals surface area contributed by atoms with E-state index in [-0.39, 0.29) is 34.4 Å². The van der Waals surface area contributed by atoms with E-state index in [2.05, 4.69) is 41.5 Å². The van der Waals surface area contributed by atoms with Crippen molar-refractivity contribution in [1.29, 1.82) is 0 Å². The Morgan fingerprint density at radius 2 is 1.06 bits per heavy atom. The number of hydrogen-bond acceptors (Lipinski definition) is 6. The summed E-state index contributed by atoms with van der Waals surface area (Å²) in [6.45, 7) is 12.8. The minimum atomic E-state index is -0.0914. The van der Waals surface area contributed by atoms with Crippen LogP contribution in [0.25, 0.3) is 0 Å². The SMILES string of the molecule is COc1cc(C(C)(C)C)cc(C=N[C@@H]2CCCC[C@H]2N=Cc2cc(C(C)(C)C)cc(OC)c2O)c1O. The Kier molecular flexibility index (Phi) is 8.37. The molecule has 0 radical (unpaired) electrons. The number of ether oxygens (including phenoxy) is 2. The Morgan fingerprint density at radius 3 is 1.36 bits per heavy atom.